The first kappa shape index (κ1) is 12.8. The molecule has 0 aliphatic rings. The molecule has 0 spiro atoms. The lowest BCUT2D eigenvalue weighted by Gasteiger charge is -2.06. The number of aromatic amines is 1. The van der Waals surface area contributed by atoms with Gasteiger partial charge in [0.25, 0.3) is 5.91 Å². The van der Waals surface area contributed by atoms with Crippen LogP contribution in [-0.2, 0) is 6.42 Å². The van der Waals surface area contributed by atoms with Crippen molar-refractivity contribution >= 4 is 27.5 Å². The van der Waals surface area contributed by atoms with Crippen molar-refractivity contribution in [3.8, 4) is 0 Å². The lowest BCUT2D eigenvalue weighted by Crippen LogP contribution is -2.11. The Morgan fingerprint density at radius 3 is 3.06 bits per heavy atom. The summed E-state index contributed by atoms with van der Waals surface area (Å²) in [6, 6.07) is 7.90. The molecule has 1 heterocycles. The number of aryl methyl sites for hydroxylation is 1. The van der Waals surface area contributed by atoms with Gasteiger partial charge in [0.15, 0.2) is 0 Å². The minimum atomic E-state index is -0.151. The van der Waals surface area contributed by atoms with E-state index in [-0.39, 0.29) is 5.91 Å². The molecule has 2 aromatic rings. The largest absolute Gasteiger partial charge is 0.322 e. The summed E-state index contributed by atoms with van der Waals surface area (Å²) >= 11 is 3.41. The highest BCUT2D eigenvalue weighted by atomic mass is 79.9. The first-order valence-electron chi connectivity index (χ1n) is 5.74. The number of carbonyl (C=O) groups is 1. The standard InChI is InChI=1S/C13H14BrN3O/c14-6-2-4-10-3-1-5-12(7-10)17-13(18)11-8-15-16-9-11/h1,3,5,7-9H,2,4,6H2,(H,15,16)(H,17,18). The molecule has 1 aromatic heterocycles. The third kappa shape index (κ3) is 3.43. The smallest absolute Gasteiger partial charge is 0.258 e. The second-order valence-corrected chi connectivity index (χ2v) is 4.73. The van der Waals surface area contributed by atoms with Crippen LogP contribution < -0.4 is 5.32 Å². The van der Waals surface area contributed by atoms with Gasteiger partial charge in [-0.2, -0.15) is 5.10 Å². The van der Waals surface area contributed by atoms with Crippen LogP contribution in [-0.4, -0.2) is 21.4 Å². The number of hydrogen-bond donors (Lipinski definition) is 2. The number of amides is 1. The average molecular weight is 308 g/mol. The predicted molar refractivity (Wildman–Crippen MR) is 75.1 cm³/mol. The summed E-state index contributed by atoms with van der Waals surface area (Å²) in [7, 11) is 0. The summed E-state index contributed by atoms with van der Waals surface area (Å²) < 4.78 is 0. The van der Waals surface area contributed by atoms with Gasteiger partial charge in [-0.25, -0.2) is 0 Å². The van der Waals surface area contributed by atoms with E-state index < -0.39 is 0 Å². The summed E-state index contributed by atoms with van der Waals surface area (Å²) in [5, 5.41) is 10.2. The molecule has 0 aliphatic carbocycles. The van der Waals surface area contributed by atoms with Gasteiger partial charge < -0.3 is 5.32 Å². The molecule has 0 radical (unpaired) electrons. The van der Waals surface area contributed by atoms with E-state index in [0.29, 0.717) is 5.56 Å². The Morgan fingerprint density at radius 2 is 2.33 bits per heavy atom. The molecule has 0 unspecified atom stereocenters. The number of rotatable bonds is 5. The Balaban J connectivity index is 2.03. The molecule has 94 valence electrons. The van der Waals surface area contributed by atoms with Crippen LogP contribution in [0.15, 0.2) is 36.7 Å². The fraction of sp³-hybridized carbons (Fsp3) is 0.231. The van der Waals surface area contributed by atoms with E-state index in [4.69, 9.17) is 0 Å². The van der Waals surface area contributed by atoms with Crippen LogP contribution in [0, 0.1) is 0 Å². The van der Waals surface area contributed by atoms with Crippen molar-refractivity contribution in [1.29, 1.82) is 0 Å². The number of benzene rings is 1. The van der Waals surface area contributed by atoms with E-state index in [0.717, 1.165) is 23.9 Å². The highest BCUT2D eigenvalue weighted by Crippen LogP contribution is 2.13. The van der Waals surface area contributed by atoms with Gasteiger partial charge in [0.05, 0.1) is 11.8 Å². The average Bonchev–Trinajstić information content (AvgIpc) is 2.91. The van der Waals surface area contributed by atoms with Gasteiger partial charge in [0, 0.05) is 17.2 Å². The number of hydrogen-bond acceptors (Lipinski definition) is 2. The van der Waals surface area contributed by atoms with Crippen LogP contribution in [0.5, 0.6) is 0 Å². The molecular weight excluding hydrogens is 294 g/mol. The van der Waals surface area contributed by atoms with Gasteiger partial charge in [-0.3, -0.25) is 9.89 Å². The first-order chi connectivity index (χ1) is 8.79. The Hall–Kier alpha value is -1.62. The number of H-pyrrole nitrogens is 1. The van der Waals surface area contributed by atoms with Crippen molar-refractivity contribution in [2.24, 2.45) is 0 Å². The molecule has 18 heavy (non-hydrogen) atoms. The molecular formula is C13H14BrN3O. The molecule has 0 fully saturated rings. The second kappa shape index (κ2) is 6.35. The molecule has 2 N–H and O–H groups in total. The van der Waals surface area contributed by atoms with Crippen molar-refractivity contribution in [1.82, 2.24) is 10.2 Å². The molecule has 1 amide bonds. The van der Waals surface area contributed by atoms with E-state index in [2.05, 4.69) is 37.5 Å². The van der Waals surface area contributed by atoms with Crippen molar-refractivity contribution in [2.45, 2.75) is 12.8 Å². The predicted octanol–water partition coefficient (Wildman–Crippen LogP) is 2.99. The quantitative estimate of drug-likeness (QED) is 0.834. The van der Waals surface area contributed by atoms with Crippen LogP contribution in [0.4, 0.5) is 5.69 Å². The van der Waals surface area contributed by atoms with Gasteiger partial charge in [0.1, 0.15) is 0 Å². The minimum Gasteiger partial charge on any atom is -0.322 e. The fourth-order valence-corrected chi connectivity index (χ4v) is 1.93. The highest BCUT2D eigenvalue weighted by Gasteiger charge is 2.06. The van der Waals surface area contributed by atoms with Crippen LogP contribution in [0.1, 0.15) is 22.3 Å². The van der Waals surface area contributed by atoms with Crippen LogP contribution in [0.3, 0.4) is 0 Å². The molecule has 4 nitrogen and oxygen atoms in total. The number of anilines is 1. The Morgan fingerprint density at radius 1 is 1.44 bits per heavy atom. The van der Waals surface area contributed by atoms with E-state index >= 15 is 0 Å². The zero-order chi connectivity index (χ0) is 12.8. The van der Waals surface area contributed by atoms with E-state index in [1.165, 1.54) is 11.8 Å². The molecule has 5 heteroatoms. The Labute approximate surface area is 114 Å². The topological polar surface area (TPSA) is 57.8 Å². The maximum absolute atomic E-state index is 11.8. The molecule has 0 saturated carbocycles. The number of halogens is 1. The summed E-state index contributed by atoms with van der Waals surface area (Å²) in [6.07, 6.45) is 5.16. The van der Waals surface area contributed by atoms with Crippen LogP contribution >= 0.6 is 15.9 Å². The van der Waals surface area contributed by atoms with Crippen molar-refractivity contribution in [3.63, 3.8) is 0 Å². The van der Waals surface area contributed by atoms with Gasteiger partial charge in [0.2, 0.25) is 0 Å². The highest BCUT2D eigenvalue weighted by molar-refractivity contribution is 9.09. The Bertz CT molecular complexity index is 511. The summed E-state index contributed by atoms with van der Waals surface area (Å²) in [6.45, 7) is 0. The van der Waals surface area contributed by atoms with E-state index in [1.807, 2.05) is 18.2 Å². The summed E-state index contributed by atoms with van der Waals surface area (Å²) in [4.78, 5) is 11.8. The fourth-order valence-electron chi connectivity index (χ4n) is 1.65. The third-order valence-electron chi connectivity index (χ3n) is 2.54. The first-order valence-corrected chi connectivity index (χ1v) is 6.87. The lowest BCUT2D eigenvalue weighted by atomic mass is 10.1. The second-order valence-electron chi connectivity index (χ2n) is 3.93. The zero-order valence-electron chi connectivity index (χ0n) is 9.82. The maximum atomic E-state index is 11.8. The number of carbonyl (C=O) groups excluding carboxylic acids is 1. The van der Waals surface area contributed by atoms with Gasteiger partial charge >= 0.3 is 0 Å². The van der Waals surface area contributed by atoms with Crippen LogP contribution in [0.2, 0.25) is 0 Å². The molecule has 0 aliphatic heterocycles. The number of nitrogens with zero attached hydrogens (tertiary/aromatic N) is 1. The molecule has 0 atom stereocenters. The number of aromatic nitrogens is 2. The SMILES string of the molecule is O=C(Nc1cccc(CCCBr)c1)c1cn[nH]c1. The third-order valence-corrected chi connectivity index (χ3v) is 3.11. The number of nitrogens with one attached hydrogen (secondary N) is 2. The number of alkyl halides is 1. The van der Waals surface area contributed by atoms with Gasteiger partial charge in [-0.15, -0.1) is 0 Å². The van der Waals surface area contributed by atoms with E-state index in [1.54, 1.807) is 6.20 Å². The van der Waals surface area contributed by atoms with Crippen LogP contribution in [0.25, 0.3) is 0 Å². The maximum Gasteiger partial charge on any atom is 0.258 e. The van der Waals surface area contributed by atoms with E-state index in [9.17, 15) is 4.79 Å². The molecule has 2 rings (SSSR count). The van der Waals surface area contributed by atoms with Gasteiger partial charge in [-0.1, -0.05) is 28.1 Å². The van der Waals surface area contributed by atoms with Crippen molar-refractivity contribution < 1.29 is 4.79 Å². The normalized spacial score (nSPS) is 10.3. The molecule has 0 bridgehead atoms. The zero-order valence-corrected chi connectivity index (χ0v) is 11.4. The monoisotopic (exact) mass is 307 g/mol. The van der Waals surface area contributed by atoms with Crippen molar-refractivity contribution in [2.75, 3.05) is 10.6 Å². The van der Waals surface area contributed by atoms with Gasteiger partial charge in [-0.05, 0) is 30.5 Å². The molecule has 0 saturated heterocycles. The molecule has 1 aromatic carbocycles. The minimum absolute atomic E-state index is 0.151. The van der Waals surface area contributed by atoms with Crippen molar-refractivity contribution in [3.05, 3.63) is 47.8 Å². The lowest BCUT2D eigenvalue weighted by molar-refractivity contribution is 0.102. The Kier molecular flexibility index (Phi) is 4.52. The summed E-state index contributed by atoms with van der Waals surface area (Å²) in [5.41, 5.74) is 2.56. The summed E-state index contributed by atoms with van der Waals surface area (Å²) in [5.74, 6) is -0.151.